The summed E-state index contributed by atoms with van der Waals surface area (Å²) in [6.07, 6.45) is 0.827. The lowest BCUT2D eigenvalue weighted by atomic mass is 10.0. The topological polar surface area (TPSA) is 32.3 Å². The van der Waals surface area contributed by atoms with Crippen molar-refractivity contribution in [1.82, 2.24) is 0 Å². The van der Waals surface area contributed by atoms with Gasteiger partial charge in [-0.1, -0.05) is 30.1 Å². The Kier molecular flexibility index (Phi) is 4.23. The van der Waals surface area contributed by atoms with E-state index in [-0.39, 0.29) is 0 Å². The predicted octanol–water partition coefficient (Wildman–Crippen LogP) is 5.31. The lowest BCUT2D eigenvalue weighted by Crippen LogP contribution is -1.98. The average Bonchev–Trinajstić information content (AvgIpc) is 2.37. The Morgan fingerprint density at radius 3 is 2.42 bits per heavy atom. The lowest BCUT2D eigenvalue weighted by molar-refractivity contribution is 0.470. The number of phenolic OH excluding ortho intramolecular Hbond substituents is 1. The lowest BCUT2D eigenvalue weighted by Gasteiger charge is -2.15. The summed E-state index contributed by atoms with van der Waals surface area (Å²) in [7, 11) is 0. The Bertz CT molecular complexity index is 611. The molecule has 0 atom stereocenters. The van der Waals surface area contributed by atoms with Crippen LogP contribution in [0.1, 0.15) is 18.1 Å². The van der Waals surface area contributed by atoms with Gasteiger partial charge in [-0.3, -0.25) is 0 Å². The monoisotopic (exact) mass is 295 g/mol. The molecule has 0 saturated heterocycles. The van der Waals surface area contributed by atoms with E-state index < -0.39 is 0 Å². The maximum absolute atomic E-state index is 9.74. The van der Waals surface area contributed by atoms with Crippen LogP contribution in [-0.4, -0.2) is 5.11 Å². The van der Waals surface area contributed by atoms with Crippen molar-refractivity contribution in [2.75, 3.05) is 5.32 Å². The maximum Gasteiger partial charge on any atom is 0.118 e. The average molecular weight is 296 g/mol. The van der Waals surface area contributed by atoms with Crippen molar-refractivity contribution in [3.63, 3.8) is 0 Å². The Balaban J connectivity index is 2.41. The molecule has 2 aromatic carbocycles. The van der Waals surface area contributed by atoms with Crippen LogP contribution in [0.4, 0.5) is 11.4 Å². The number of rotatable bonds is 3. The van der Waals surface area contributed by atoms with E-state index in [0.717, 1.165) is 28.9 Å². The van der Waals surface area contributed by atoms with Crippen LogP contribution in [0.2, 0.25) is 10.0 Å². The third-order valence-corrected chi connectivity index (χ3v) is 3.67. The van der Waals surface area contributed by atoms with E-state index in [9.17, 15) is 5.11 Å². The first kappa shape index (κ1) is 14.0. The molecular weight excluding hydrogens is 281 g/mol. The number of hydrogen-bond donors (Lipinski definition) is 2. The minimum Gasteiger partial charge on any atom is -0.508 e. The highest BCUT2D eigenvalue weighted by Crippen LogP contribution is 2.33. The van der Waals surface area contributed by atoms with E-state index >= 15 is 0 Å². The van der Waals surface area contributed by atoms with Crippen molar-refractivity contribution in [2.24, 2.45) is 0 Å². The second-order valence-electron chi connectivity index (χ2n) is 4.34. The Hall–Kier alpha value is -1.38. The summed E-state index contributed by atoms with van der Waals surface area (Å²) in [6.45, 7) is 3.96. The Morgan fingerprint density at radius 2 is 1.79 bits per heavy atom. The Labute approximate surface area is 123 Å². The molecule has 2 aromatic rings. The zero-order valence-electron chi connectivity index (χ0n) is 10.8. The third kappa shape index (κ3) is 2.96. The van der Waals surface area contributed by atoms with Gasteiger partial charge in [0.05, 0.1) is 10.7 Å². The molecule has 0 amide bonds. The van der Waals surface area contributed by atoms with Gasteiger partial charge in [0.2, 0.25) is 0 Å². The molecular formula is C15H15Cl2NO. The largest absolute Gasteiger partial charge is 0.508 e. The van der Waals surface area contributed by atoms with E-state index in [0.29, 0.717) is 15.8 Å². The second kappa shape index (κ2) is 5.72. The minimum absolute atomic E-state index is 0.310. The second-order valence-corrected chi connectivity index (χ2v) is 5.18. The molecule has 0 saturated carbocycles. The van der Waals surface area contributed by atoms with Gasteiger partial charge in [-0.05, 0) is 54.8 Å². The van der Waals surface area contributed by atoms with Gasteiger partial charge in [0, 0.05) is 10.7 Å². The normalized spacial score (nSPS) is 10.5. The molecule has 0 aliphatic rings. The smallest absolute Gasteiger partial charge is 0.118 e. The van der Waals surface area contributed by atoms with Crippen LogP contribution < -0.4 is 5.32 Å². The number of nitrogens with one attached hydrogen (secondary N) is 1. The van der Waals surface area contributed by atoms with Crippen molar-refractivity contribution >= 4 is 34.6 Å². The molecule has 2 N–H and O–H groups in total. The van der Waals surface area contributed by atoms with Crippen LogP contribution in [0.15, 0.2) is 30.3 Å². The third-order valence-electron chi connectivity index (χ3n) is 3.12. The summed E-state index contributed by atoms with van der Waals surface area (Å²) in [6, 6.07) is 8.86. The summed E-state index contributed by atoms with van der Waals surface area (Å²) in [4.78, 5) is 0. The molecule has 0 radical (unpaired) electrons. The molecule has 0 unspecified atom stereocenters. The van der Waals surface area contributed by atoms with Gasteiger partial charge in [-0.2, -0.15) is 0 Å². The highest BCUT2D eigenvalue weighted by atomic mass is 35.5. The molecule has 4 heteroatoms. The first-order chi connectivity index (χ1) is 9.02. The first-order valence-electron chi connectivity index (χ1n) is 6.06. The Morgan fingerprint density at radius 1 is 1.11 bits per heavy atom. The summed E-state index contributed by atoms with van der Waals surface area (Å²) in [5, 5.41) is 14.2. The molecule has 0 fully saturated rings. The van der Waals surface area contributed by atoms with Crippen molar-refractivity contribution < 1.29 is 5.11 Å². The quantitative estimate of drug-likeness (QED) is 0.752. The van der Waals surface area contributed by atoms with Crippen LogP contribution in [-0.2, 0) is 6.42 Å². The molecule has 0 aliphatic carbocycles. The molecule has 0 spiro atoms. The molecule has 0 aromatic heterocycles. The number of anilines is 2. The van der Waals surface area contributed by atoms with Crippen LogP contribution in [0.3, 0.4) is 0 Å². The predicted molar refractivity (Wildman–Crippen MR) is 82.0 cm³/mol. The van der Waals surface area contributed by atoms with Gasteiger partial charge in [0.1, 0.15) is 5.75 Å². The zero-order chi connectivity index (χ0) is 14.0. The fourth-order valence-corrected chi connectivity index (χ4v) is 2.51. The van der Waals surface area contributed by atoms with Crippen molar-refractivity contribution in [2.45, 2.75) is 20.3 Å². The summed E-state index contributed by atoms with van der Waals surface area (Å²) >= 11 is 12.0. The SMILES string of the molecule is CCc1c(Nc2ccc(Cl)cc2Cl)ccc(O)c1C. The maximum atomic E-state index is 9.74. The van der Waals surface area contributed by atoms with Crippen LogP contribution in [0.5, 0.6) is 5.75 Å². The molecule has 2 nitrogen and oxygen atoms in total. The van der Waals surface area contributed by atoms with Crippen molar-refractivity contribution in [3.8, 4) is 5.75 Å². The fourth-order valence-electron chi connectivity index (χ4n) is 2.05. The number of phenols is 1. The number of aromatic hydroxyl groups is 1. The van der Waals surface area contributed by atoms with E-state index in [2.05, 4.69) is 12.2 Å². The highest BCUT2D eigenvalue weighted by Gasteiger charge is 2.09. The van der Waals surface area contributed by atoms with Crippen LogP contribution in [0, 0.1) is 6.92 Å². The van der Waals surface area contributed by atoms with E-state index in [1.165, 1.54) is 0 Å². The van der Waals surface area contributed by atoms with Crippen molar-refractivity contribution in [3.05, 3.63) is 51.5 Å². The van der Waals surface area contributed by atoms with Crippen molar-refractivity contribution in [1.29, 1.82) is 0 Å². The van der Waals surface area contributed by atoms with Gasteiger partial charge in [-0.25, -0.2) is 0 Å². The minimum atomic E-state index is 0.310. The molecule has 0 aliphatic heterocycles. The summed E-state index contributed by atoms with van der Waals surface area (Å²) in [5.41, 5.74) is 3.71. The zero-order valence-corrected chi connectivity index (χ0v) is 12.3. The molecule has 0 heterocycles. The molecule has 0 bridgehead atoms. The van der Waals surface area contributed by atoms with E-state index in [1.54, 1.807) is 18.2 Å². The number of benzene rings is 2. The molecule has 19 heavy (non-hydrogen) atoms. The standard InChI is InChI=1S/C15H15Cl2NO/c1-3-11-9(2)15(19)7-6-13(11)18-14-5-4-10(16)8-12(14)17/h4-8,18-19H,3H2,1-2H3. The van der Waals surface area contributed by atoms with Gasteiger partial charge in [0.15, 0.2) is 0 Å². The highest BCUT2D eigenvalue weighted by molar-refractivity contribution is 6.36. The fraction of sp³-hybridized carbons (Fsp3) is 0.200. The summed E-state index contributed by atoms with van der Waals surface area (Å²) in [5.74, 6) is 0.310. The van der Waals surface area contributed by atoms with Gasteiger partial charge >= 0.3 is 0 Å². The molecule has 2 rings (SSSR count). The number of halogens is 2. The molecule has 100 valence electrons. The summed E-state index contributed by atoms with van der Waals surface area (Å²) < 4.78 is 0. The van der Waals surface area contributed by atoms with Crippen LogP contribution >= 0.6 is 23.2 Å². The van der Waals surface area contributed by atoms with Gasteiger partial charge in [0.25, 0.3) is 0 Å². The van der Waals surface area contributed by atoms with Gasteiger partial charge < -0.3 is 10.4 Å². The number of hydrogen-bond acceptors (Lipinski definition) is 2. The first-order valence-corrected chi connectivity index (χ1v) is 6.82. The van der Waals surface area contributed by atoms with E-state index in [1.807, 2.05) is 19.1 Å². The van der Waals surface area contributed by atoms with Crippen LogP contribution in [0.25, 0.3) is 0 Å². The van der Waals surface area contributed by atoms with Gasteiger partial charge in [-0.15, -0.1) is 0 Å². The van der Waals surface area contributed by atoms with E-state index in [4.69, 9.17) is 23.2 Å².